The van der Waals surface area contributed by atoms with Gasteiger partial charge in [-0.25, -0.2) is 9.97 Å². The van der Waals surface area contributed by atoms with Crippen LogP contribution in [0.2, 0.25) is 0 Å². The summed E-state index contributed by atoms with van der Waals surface area (Å²) < 4.78 is 1.92. The van der Waals surface area contributed by atoms with Crippen molar-refractivity contribution < 1.29 is 0 Å². The first kappa shape index (κ1) is 9.45. The fraction of sp³-hybridized carbons (Fsp3) is 0.444. The van der Waals surface area contributed by atoms with E-state index in [1.165, 1.54) is 0 Å². The second kappa shape index (κ2) is 3.57. The topological polar surface area (TPSA) is 43.6 Å². The molecular weight excluding hydrogens is 196 g/mol. The van der Waals surface area contributed by atoms with Gasteiger partial charge < -0.3 is 0 Å². The maximum Gasteiger partial charge on any atom is 0.185 e. The smallest absolute Gasteiger partial charge is 0.185 e. The summed E-state index contributed by atoms with van der Waals surface area (Å²) in [5.74, 6) is 0. The summed E-state index contributed by atoms with van der Waals surface area (Å²) in [7, 11) is 0. The fourth-order valence-electron chi connectivity index (χ4n) is 1.26. The molecule has 0 saturated heterocycles. The molecule has 0 radical (unpaired) electrons. The summed E-state index contributed by atoms with van der Waals surface area (Å²) in [5.41, 5.74) is 0.776. The van der Waals surface area contributed by atoms with Crippen molar-refractivity contribution in [2.24, 2.45) is 0 Å². The van der Waals surface area contributed by atoms with Crippen LogP contribution in [0.15, 0.2) is 17.6 Å². The van der Waals surface area contributed by atoms with Crippen LogP contribution in [0.5, 0.6) is 0 Å². The van der Waals surface area contributed by atoms with Crippen LogP contribution >= 0.6 is 11.8 Å². The average Bonchev–Trinajstić information content (AvgIpc) is 2.60. The van der Waals surface area contributed by atoms with Crippen molar-refractivity contribution in [1.29, 1.82) is 0 Å². The summed E-state index contributed by atoms with van der Waals surface area (Å²) in [4.78, 5) is 8.33. The maximum atomic E-state index is 4.37. The SMILES string of the molecule is CSc1ncnc2nn(C(C)C)cc12. The molecule has 0 fully saturated rings. The summed E-state index contributed by atoms with van der Waals surface area (Å²) in [6.07, 6.45) is 5.58. The van der Waals surface area contributed by atoms with E-state index in [4.69, 9.17) is 0 Å². The predicted octanol–water partition coefficient (Wildman–Crippen LogP) is 2.13. The Morgan fingerprint density at radius 3 is 2.79 bits per heavy atom. The Bertz CT molecular complexity index is 449. The molecule has 0 bridgehead atoms. The standard InChI is InChI=1S/C9H12N4S/c1-6(2)13-4-7-8(12-13)10-5-11-9(7)14-3/h4-6H,1-3H3. The van der Waals surface area contributed by atoms with Crippen LogP contribution in [0.4, 0.5) is 0 Å². The van der Waals surface area contributed by atoms with Crippen molar-refractivity contribution in [1.82, 2.24) is 19.7 Å². The third-order valence-electron chi connectivity index (χ3n) is 2.02. The number of aromatic nitrogens is 4. The molecule has 0 amide bonds. The van der Waals surface area contributed by atoms with Crippen LogP contribution in [0, 0.1) is 0 Å². The van der Waals surface area contributed by atoms with Gasteiger partial charge in [-0.2, -0.15) is 5.10 Å². The van der Waals surface area contributed by atoms with Gasteiger partial charge in [-0.15, -0.1) is 11.8 Å². The predicted molar refractivity (Wildman–Crippen MR) is 57.5 cm³/mol. The van der Waals surface area contributed by atoms with Gasteiger partial charge in [0.15, 0.2) is 5.65 Å². The van der Waals surface area contributed by atoms with Gasteiger partial charge in [0.2, 0.25) is 0 Å². The van der Waals surface area contributed by atoms with Gasteiger partial charge in [0.1, 0.15) is 11.4 Å². The van der Waals surface area contributed by atoms with E-state index in [1.54, 1.807) is 18.1 Å². The van der Waals surface area contributed by atoms with Gasteiger partial charge in [0.25, 0.3) is 0 Å². The zero-order chi connectivity index (χ0) is 10.1. The molecule has 4 nitrogen and oxygen atoms in total. The molecule has 2 aromatic rings. The Labute approximate surface area is 86.7 Å². The molecule has 0 aliphatic rings. The molecule has 0 aromatic carbocycles. The molecule has 5 heteroatoms. The highest BCUT2D eigenvalue weighted by atomic mass is 32.2. The van der Waals surface area contributed by atoms with Gasteiger partial charge in [-0.3, -0.25) is 4.68 Å². The number of hydrogen-bond donors (Lipinski definition) is 0. The lowest BCUT2D eigenvalue weighted by Crippen LogP contribution is -2.00. The Kier molecular flexibility index (Phi) is 2.41. The monoisotopic (exact) mass is 208 g/mol. The normalized spacial score (nSPS) is 11.4. The Morgan fingerprint density at radius 1 is 1.36 bits per heavy atom. The van der Waals surface area contributed by atoms with Gasteiger partial charge in [0, 0.05) is 12.2 Å². The number of fused-ring (bicyclic) bond motifs is 1. The third-order valence-corrected chi connectivity index (χ3v) is 2.73. The Morgan fingerprint density at radius 2 is 2.14 bits per heavy atom. The average molecular weight is 208 g/mol. The zero-order valence-electron chi connectivity index (χ0n) is 8.43. The molecule has 14 heavy (non-hydrogen) atoms. The molecular formula is C9H12N4S. The molecule has 0 atom stereocenters. The van der Waals surface area contributed by atoms with Crippen molar-refractivity contribution in [2.75, 3.05) is 6.26 Å². The molecule has 0 unspecified atom stereocenters. The van der Waals surface area contributed by atoms with E-state index in [0.717, 1.165) is 16.1 Å². The van der Waals surface area contributed by atoms with Crippen LogP contribution < -0.4 is 0 Å². The maximum absolute atomic E-state index is 4.37. The molecule has 0 N–H and O–H groups in total. The van der Waals surface area contributed by atoms with E-state index in [-0.39, 0.29) is 0 Å². The molecule has 0 aliphatic heterocycles. The minimum Gasteiger partial charge on any atom is -0.267 e. The van der Waals surface area contributed by atoms with E-state index in [1.807, 2.05) is 17.1 Å². The van der Waals surface area contributed by atoms with Crippen molar-refractivity contribution in [3.63, 3.8) is 0 Å². The number of thioether (sulfide) groups is 1. The van der Waals surface area contributed by atoms with Crippen molar-refractivity contribution >= 4 is 22.8 Å². The second-order valence-electron chi connectivity index (χ2n) is 3.32. The van der Waals surface area contributed by atoms with Gasteiger partial charge in [-0.05, 0) is 20.1 Å². The zero-order valence-corrected chi connectivity index (χ0v) is 9.25. The van der Waals surface area contributed by atoms with E-state index in [9.17, 15) is 0 Å². The van der Waals surface area contributed by atoms with Crippen molar-refractivity contribution in [2.45, 2.75) is 24.9 Å². The van der Waals surface area contributed by atoms with Crippen LogP contribution in [-0.4, -0.2) is 26.0 Å². The van der Waals surface area contributed by atoms with Crippen LogP contribution in [0.25, 0.3) is 11.0 Å². The third kappa shape index (κ3) is 1.48. The Balaban J connectivity index is 2.64. The summed E-state index contributed by atoms with van der Waals surface area (Å²) in [5, 5.41) is 6.40. The molecule has 0 spiro atoms. The molecule has 2 rings (SSSR count). The molecule has 0 saturated carbocycles. The lowest BCUT2D eigenvalue weighted by molar-refractivity contribution is 0.536. The fourth-order valence-corrected chi connectivity index (χ4v) is 1.78. The summed E-state index contributed by atoms with van der Waals surface area (Å²) in [6.45, 7) is 4.19. The van der Waals surface area contributed by atoms with Gasteiger partial charge in [-0.1, -0.05) is 0 Å². The lowest BCUT2D eigenvalue weighted by Gasteiger charge is -2.01. The largest absolute Gasteiger partial charge is 0.267 e. The first-order valence-electron chi connectivity index (χ1n) is 4.46. The minimum atomic E-state index is 0.360. The van der Waals surface area contributed by atoms with Crippen molar-refractivity contribution in [3.8, 4) is 0 Å². The van der Waals surface area contributed by atoms with Crippen LogP contribution in [-0.2, 0) is 0 Å². The number of hydrogen-bond acceptors (Lipinski definition) is 4. The molecule has 0 aliphatic carbocycles. The molecule has 2 aromatic heterocycles. The summed E-state index contributed by atoms with van der Waals surface area (Å²) >= 11 is 1.62. The number of rotatable bonds is 2. The first-order valence-corrected chi connectivity index (χ1v) is 5.68. The first-order chi connectivity index (χ1) is 6.72. The molecule has 74 valence electrons. The van der Waals surface area contributed by atoms with E-state index < -0.39 is 0 Å². The summed E-state index contributed by atoms with van der Waals surface area (Å²) in [6, 6.07) is 0.360. The highest BCUT2D eigenvalue weighted by molar-refractivity contribution is 7.98. The van der Waals surface area contributed by atoms with Gasteiger partial charge in [0.05, 0.1) is 5.39 Å². The van der Waals surface area contributed by atoms with Gasteiger partial charge >= 0.3 is 0 Å². The van der Waals surface area contributed by atoms with Crippen molar-refractivity contribution in [3.05, 3.63) is 12.5 Å². The van der Waals surface area contributed by atoms with E-state index in [2.05, 4.69) is 28.9 Å². The minimum absolute atomic E-state index is 0.360. The van der Waals surface area contributed by atoms with E-state index >= 15 is 0 Å². The highest BCUT2D eigenvalue weighted by Gasteiger charge is 2.08. The van der Waals surface area contributed by atoms with Crippen LogP contribution in [0.1, 0.15) is 19.9 Å². The van der Waals surface area contributed by atoms with Crippen LogP contribution in [0.3, 0.4) is 0 Å². The lowest BCUT2D eigenvalue weighted by atomic mass is 10.4. The molecule has 2 heterocycles. The van der Waals surface area contributed by atoms with E-state index in [0.29, 0.717) is 6.04 Å². The highest BCUT2D eigenvalue weighted by Crippen LogP contribution is 2.22. The Hall–Kier alpha value is -1.10. The second-order valence-corrected chi connectivity index (χ2v) is 4.12. The number of nitrogens with zero attached hydrogens (tertiary/aromatic N) is 4. The quantitative estimate of drug-likeness (QED) is 0.560.